The number of carbonyl (C=O) groups is 1. The van der Waals surface area contributed by atoms with E-state index in [0.29, 0.717) is 10.9 Å². The molecule has 1 atom stereocenters. The fraction of sp³-hybridized carbons (Fsp3) is 0.211. The Labute approximate surface area is 136 Å². The highest BCUT2D eigenvalue weighted by molar-refractivity contribution is 6.30. The van der Waals surface area contributed by atoms with E-state index in [2.05, 4.69) is 31.3 Å². The molecule has 114 valence electrons. The van der Waals surface area contributed by atoms with Crippen LogP contribution in [-0.4, -0.2) is 5.91 Å². The summed E-state index contributed by atoms with van der Waals surface area (Å²) in [5.41, 5.74) is 2.98. The van der Waals surface area contributed by atoms with Gasteiger partial charge in [-0.25, -0.2) is 0 Å². The number of nitrogens with one attached hydrogen (secondary N) is 1. The molecule has 0 saturated heterocycles. The molecule has 3 heteroatoms. The largest absolute Gasteiger partial charge is 0.323 e. The first-order valence-corrected chi connectivity index (χ1v) is 7.81. The van der Waals surface area contributed by atoms with Crippen LogP contribution < -0.4 is 5.32 Å². The number of anilines is 1. The van der Waals surface area contributed by atoms with E-state index in [1.54, 1.807) is 12.1 Å². The molecule has 0 fully saturated rings. The van der Waals surface area contributed by atoms with Gasteiger partial charge in [-0.2, -0.15) is 0 Å². The van der Waals surface area contributed by atoms with Crippen molar-refractivity contribution < 1.29 is 4.79 Å². The lowest BCUT2D eigenvalue weighted by molar-refractivity contribution is -0.111. The molecule has 0 aliphatic heterocycles. The van der Waals surface area contributed by atoms with Crippen LogP contribution in [0.5, 0.6) is 0 Å². The highest BCUT2D eigenvalue weighted by Gasteiger charge is 2.03. The Balaban J connectivity index is 1.97. The monoisotopic (exact) mass is 313 g/mol. The molecule has 1 N–H and O–H groups in total. The van der Waals surface area contributed by atoms with Crippen molar-refractivity contribution in [3.8, 4) is 0 Å². The number of carbonyl (C=O) groups excluding carboxylic acids is 1. The average molecular weight is 314 g/mol. The van der Waals surface area contributed by atoms with Gasteiger partial charge in [-0.1, -0.05) is 49.7 Å². The number of halogens is 1. The van der Waals surface area contributed by atoms with E-state index in [9.17, 15) is 4.79 Å². The van der Waals surface area contributed by atoms with Gasteiger partial charge < -0.3 is 5.32 Å². The molecule has 22 heavy (non-hydrogen) atoms. The van der Waals surface area contributed by atoms with Crippen LogP contribution in [0.3, 0.4) is 0 Å². The molecule has 2 rings (SSSR count). The van der Waals surface area contributed by atoms with Crippen molar-refractivity contribution in [3.63, 3.8) is 0 Å². The van der Waals surface area contributed by atoms with E-state index in [4.69, 9.17) is 11.6 Å². The molecule has 0 aliphatic carbocycles. The molecule has 0 bridgehead atoms. The Morgan fingerprint density at radius 3 is 2.59 bits per heavy atom. The van der Waals surface area contributed by atoms with Gasteiger partial charge in [0.15, 0.2) is 0 Å². The SMILES string of the molecule is CC[C@@H](C)c1ccc(NC(=O)/C=C/c2cccc(Cl)c2)cc1. The highest BCUT2D eigenvalue weighted by atomic mass is 35.5. The zero-order valence-electron chi connectivity index (χ0n) is 12.8. The van der Waals surface area contributed by atoms with Crippen LogP contribution in [-0.2, 0) is 4.79 Å². The lowest BCUT2D eigenvalue weighted by Crippen LogP contribution is -2.07. The first-order chi connectivity index (χ1) is 10.6. The third-order valence-electron chi connectivity index (χ3n) is 3.64. The summed E-state index contributed by atoms with van der Waals surface area (Å²) in [4.78, 5) is 11.9. The molecule has 1 amide bonds. The summed E-state index contributed by atoms with van der Waals surface area (Å²) >= 11 is 5.91. The van der Waals surface area contributed by atoms with Crippen molar-refractivity contribution in [2.45, 2.75) is 26.2 Å². The highest BCUT2D eigenvalue weighted by Crippen LogP contribution is 2.20. The maximum absolute atomic E-state index is 11.9. The summed E-state index contributed by atoms with van der Waals surface area (Å²) in [5.74, 6) is 0.378. The summed E-state index contributed by atoms with van der Waals surface area (Å²) in [6.07, 6.45) is 4.36. The first kappa shape index (κ1) is 16.3. The third kappa shape index (κ3) is 4.74. The Kier molecular flexibility index (Phi) is 5.79. The van der Waals surface area contributed by atoms with E-state index in [-0.39, 0.29) is 5.91 Å². The van der Waals surface area contributed by atoms with E-state index in [1.807, 2.05) is 30.3 Å². The van der Waals surface area contributed by atoms with Crippen molar-refractivity contribution in [2.24, 2.45) is 0 Å². The second-order valence-corrected chi connectivity index (χ2v) is 5.75. The number of amides is 1. The van der Waals surface area contributed by atoms with Crippen LogP contribution in [0.4, 0.5) is 5.69 Å². The van der Waals surface area contributed by atoms with Gasteiger partial charge in [0.1, 0.15) is 0 Å². The lowest BCUT2D eigenvalue weighted by Gasteiger charge is -2.09. The van der Waals surface area contributed by atoms with Crippen molar-refractivity contribution in [1.82, 2.24) is 0 Å². The smallest absolute Gasteiger partial charge is 0.248 e. The molecule has 0 saturated carbocycles. The average Bonchev–Trinajstić information content (AvgIpc) is 2.53. The summed E-state index contributed by atoms with van der Waals surface area (Å²) < 4.78 is 0. The summed E-state index contributed by atoms with van der Waals surface area (Å²) in [6, 6.07) is 15.4. The van der Waals surface area contributed by atoms with Gasteiger partial charge >= 0.3 is 0 Å². The quantitative estimate of drug-likeness (QED) is 0.725. The van der Waals surface area contributed by atoms with Gasteiger partial charge in [0.25, 0.3) is 0 Å². The molecule has 0 heterocycles. The summed E-state index contributed by atoms with van der Waals surface area (Å²) in [5, 5.41) is 3.51. The van der Waals surface area contributed by atoms with Gasteiger partial charge in [-0.05, 0) is 53.8 Å². The fourth-order valence-corrected chi connectivity index (χ4v) is 2.30. The molecular formula is C19H20ClNO. The molecule has 2 aromatic rings. The minimum absolute atomic E-state index is 0.156. The second kappa shape index (κ2) is 7.81. The fourth-order valence-electron chi connectivity index (χ4n) is 2.10. The number of hydrogen-bond acceptors (Lipinski definition) is 1. The van der Waals surface area contributed by atoms with E-state index in [1.165, 1.54) is 11.6 Å². The van der Waals surface area contributed by atoms with E-state index >= 15 is 0 Å². The Hall–Kier alpha value is -2.06. The molecule has 0 unspecified atom stereocenters. The van der Waals surface area contributed by atoms with Crippen LogP contribution in [0.2, 0.25) is 5.02 Å². The Bertz CT molecular complexity index is 661. The summed E-state index contributed by atoms with van der Waals surface area (Å²) in [6.45, 7) is 4.36. The van der Waals surface area contributed by atoms with Gasteiger partial charge in [0.2, 0.25) is 5.91 Å². The van der Waals surface area contributed by atoms with Gasteiger partial charge in [-0.15, -0.1) is 0 Å². The topological polar surface area (TPSA) is 29.1 Å². The molecule has 2 nitrogen and oxygen atoms in total. The van der Waals surface area contributed by atoms with E-state index in [0.717, 1.165) is 17.7 Å². The maximum Gasteiger partial charge on any atom is 0.248 e. The van der Waals surface area contributed by atoms with Gasteiger partial charge in [-0.3, -0.25) is 4.79 Å². The second-order valence-electron chi connectivity index (χ2n) is 5.31. The molecule has 0 spiro atoms. The molecule has 0 aromatic heterocycles. The first-order valence-electron chi connectivity index (χ1n) is 7.43. The van der Waals surface area contributed by atoms with E-state index < -0.39 is 0 Å². The molecule has 0 aliphatic rings. The number of hydrogen-bond donors (Lipinski definition) is 1. The van der Waals surface area contributed by atoms with Crippen molar-refractivity contribution in [3.05, 3.63) is 70.8 Å². The maximum atomic E-state index is 11.9. The van der Waals surface area contributed by atoms with Crippen molar-refractivity contribution in [1.29, 1.82) is 0 Å². The minimum Gasteiger partial charge on any atom is -0.323 e. The van der Waals surface area contributed by atoms with Gasteiger partial charge in [0, 0.05) is 16.8 Å². The summed E-state index contributed by atoms with van der Waals surface area (Å²) in [7, 11) is 0. The number of rotatable bonds is 5. The van der Waals surface area contributed by atoms with Crippen LogP contribution in [0.25, 0.3) is 6.08 Å². The van der Waals surface area contributed by atoms with Crippen LogP contribution in [0.15, 0.2) is 54.6 Å². The third-order valence-corrected chi connectivity index (χ3v) is 3.87. The Morgan fingerprint density at radius 1 is 1.23 bits per heavy atom. The lowest BCUT2D eigenvalue weighted by atomic mass is 9.99. The zero-order chi connectivity index (χ0) is 15.9. The standard InChI is InChI=1S/C19H20ClNO/c1-3-14(2)16-8-10-18(11-9-16)21-19(22)12-7-15-5-4-6-17(20)13-15/h4-14H,3H2,1-2H3,(H,21,22)/b12-7+/t14-/m1/s1. The minimum atomic E-state index is -0.156. The zero-order valence-corrected chi connectivity index (χ0v) is 13.6. The Morgan fingerprint density at radius 2 is 1.95 bits per heavy atom. The molecular weight excluding hydrogens is 294 g/mol. The van der Waals surface area contributed by atoms with Crippen molar-refractivity contribution >= 4 is 29.3 Å². The van der Waals surface area contributed by atoms with Crippen LogP contribution >= 0.6 is 11.6 Å². The van der Waals surface area contributed by atoms with Crippen LogP contribution in [0, 0.1) is 0 Å². The van der Waals surface area contributed by atoms with Crippen LogP contribution in [0.1, 0.15) is 37.3 Å². The predicted molar refractivity (Wildman–Crippen MR) is 94.3 cm³/mol. The predicted octanol–water partition coefficient (Wildman–Crippen LogP) is 5.51. The van der Waals surface area contributed by atoms with Crippen molar-refractivity contribution in [2.75, 3.05) is 5.32 Å². The van der Waals surface area contributed by atoms with Gasteiger partial charge in [0.05, 0.1) is 0 Å². The normalized spacial score (nSPS) is 12.3. The number of benzene rings is 2. The molecule has 0 radical (unpaired) electrons. The molecule has 2 aromatic carbocycles.